The summed E-state index contributed by atoms with van der Waals surface area (Å²) in [6.07, 6.45) is 9.85. The molecule has 0 radical (unpaired) electrons. The fourth-order valence-corrected chi connectivity index (χ4v) is 3.85. The summed E-state index contributed by atoms with van der Waals surface area (Å²) in [4.78, 5) is 20.0. The molecule has 0 atom stereocenters. The van der Waals surface area contributed by atoms with Gasteiger partial charge in [0, 0.05) is 24.4 Å². The van der Waals surface area contributed by atoms with E-state index in [2.05, 4.69) is 26.9 Å². The summed E-state index contributed by atoms with van der Waals surface area (Å²) in [6.45, 7) is 6.23. The Labute approximate surface area is 127 Å². The fraction of sp³-hybridized carbons (Fsp3) is 0.647. The standard InChI is InChI=1S/C17H25N3O/c21-13-12-19-10-5-17(6-11-19,15-20-8-1-2-9-20)16-4-3-7-18-14-16/h3-4,7,13-14H,1-2,5-6,8-12,15H2. The van der Waals surface area contributed by atoms with E-state index in [4.69, 9.17) is 0 Å². The van der Waals surface area contributed by atoms with Crippen LogP contribution in [0, 0.1) is 0 Å². The number of nitrogens with zero attached hydrogens (tertiary/aromatic N) is 3. The lowest BCUT2D eigenvalue weighted by Crippen LogP contribution is -2.49. The van der Waals surface area contributed by atoms with Crippen molar-refractivity contribution in [2.45, 2.75) is 31.1 Å². The van der Waals surface area contributed by atoms with Gasteiger partial charge >= 0.3 is 0 Å². The van der Waals surface area contributed by atoms with Crippen LogP contribution in [-0.2, 0) is 10.2 Å². The van der Waals surface area contributed by atoms with Crippen LogP contribution < -0.4 is 0 Å². The van der Waals surface area contributed by atoms with Gasteiger partial charge in [-0.15, -0.1) is 0 Å². The lowest BCUT2D eigenvalue weighted by atomic mass is 9.73. The summed E-state index contributed by atoms with van der Waals surface area (Å²) in [6, 6.07) is 4.29. The van der Waals surface area contributed by atoms with Crippen molar-refractivity contribution in [2.75, 3.05) is 39.3 Å². The monoisotopic (exact) mass is 287 g/mol. The zero-order valence-corrected chi connectivity index (χ0v) is 12.7. The van der Waals surface area contributed by atoms with Gasteiger partial charge in [0.1, 0.15) is 6.29 Å². The van der Waals surface area contributed by atoms with Gasteiger partial charge in [-0.05, 0) is 63.5 Å². The Bertz CT molecular complexity index is 448. The molecule has 0 amide bonds. The maximum atomic E-state index is 10.7. The number of aromatic nitrogens is 1. The van der Waals surface area contributed by atoms with Crippen LogP contribution in [0.2, 0.25) is 0 Å². The van der Waals surface area contributed by atoms with Crippen molar-refractivity contribution in [1.82, 2.24) is 14.8 Å². The number of hydrogen-bond acceptors (Lipinski definition) is 4. The maximum absolute atomic E-state index is 10.7. The topological polar surface area (TPSA) is 36.4 Å². The third-order valence-electron chi connectivity index (χ3n) is 5.14. The normalized spacial score (nSPS) is 23.2. The summed E-state index contributed by atoms with van der Waals surface area (Å²) in [7, 11) is 0. The van der Waals surface area contributed by atoms with Crippen molar-refractivity contribution in [3.63, 3.8) is 0 Å². The SMILES string of the molecule is O=CCN1CCC(CN2CCCC2)(c2cccnc2)CC1. The summed E-state index contributed by atoms with van der Waals surface area (Å²) in [5, 5.41) is 0. The van der Waals surface area contributed by atoms with Gasteiger partial charge in [-0.3, -0.25) is 9.88 Å². The van der Waals surface area contributed by atoms with E-state index in [9.17, 15) is 4.79 Å². The van der Waals surface area contributed by atoms with Crippen LogP contribution >= 0.6 is 0 Å². The highest BCUT2D eigenvalue weighted by Gasteiger charge is 2.38. The molecule has 2 saturated heterocycles. The minimum Gasteiger partial charge on any atom is -0.302 e. The van der Waals surface area contributed by atoms with E-state index in [1.807, 2.05) is 12.4 Å². The Balaban J connectivity index is 1.77. The first-order chi connectivity index (χ1) is 10.3. The van der Waals surface area contributed by atoms with Crippen LogP contribution in [0.5, 0.6) is 0 Å². The molecule has 0 aliphatic carbocycles. The van der Waals surface area contributed by atoms with Gasteiger partial charge in [0.2, 0.25) is 0 Å². The summed E-state index contributed by atoms with van der Waals surface area (Å²) >= 11 is 0. The molecule has 21 heavy (non-hydrogen) atoms. The summed E-state index contributed by atoms with van der Waals surface area (Å²) in [5.74, 6) is 0. The van der Waals surface area contributed by atoms with E-state index in [1.54, 1.807) is 0 Å². The van der Waals surface area contributed by atoms with Gasteiger partial charge in [0.05, 0.1) is 6.54 Å². The number of pyridine rings is 1. The second kappa shape index (κ2) is 6.67. The minimum atomic E-state index is 0.220. The first kappa shape index (κ1) is 14.7. The molecule has 3 heterocycles. The van der Waals surface area contributed by atoms with E-state index in [-0.39, 0.29) is 5.41 Å². The van der Waals surface area contributed by atoms with Crippen LogP contribution in [0.3, 0.4) is 0 Å². The molecule has 4 nitrogen and oxygen atoms in total. The molecule has 3 rings (SSSR count). The Morgan fingerprint density at radius 3 is 2.52 bits per heavy atom. The molecule has 1 aromatic heterocycles. The third kappa shape index (κ3) is 3.33. The van der Waals surface area contributed by atoms with Crippen LogP contribution in [0.15, 0.2) is 24.5 Å². The second-order valence-corrected chi connectivity index (χ2v) is 6.47. The Morgan fingerprint density at radius 1 is 1.14 bits per heavy atom. The molecule has 0 N–H and O–H groups in total. The highest BCUT2D eigenvalue weighted by atomic mass is 16.1. The first-order valence-corrected chi connectivity index (χ1v) is 8.11. The van der Waals surface area contributed by atoms with Crippen LogP contribution in [0.4, 0.5) is 0 Å². The third-order valence-corrected chi connectivity index (χ3v) is 5.14. The van der Waals surface area contributed by atoms with E-state index in [1.165, 1.54) is 31.5 Å². The molecular formula is C17H25N3O. The van der Waals surface area contributed by atoms with Crippen molar-refractivity contribution in [1.29, 1.82) is 0 Å². The highest BCUT2D eigenvalue weighted by molar-refractivity contribution is 5.52. The Hall–Kier alpha value is -1.26. The first-order valence-electron chi connectivity index (χ1n) is 8.11. The number of aldehydes is 1. The number of carbonyl (C=O) groups is 1. The van der Waals surface area contributed by atoms with Gasteiger partial charge in [0.25, 0.3) is 0 Å². The molecule has 0 aromatic carbocycles. The maximum Gasteiger partial charge on any atom is 0.133 e. The molecule has 0 spiro atoms. The lowest BCUT2D eigenvalue weighted by molar-refractivity contribution is -0.109. The van der Waals surface area contributed by atoms with Crippen molar-refractivity contribution in [2.24, 2.45) is 0 Å². The second-order valence-electron chi connectivity index (χ2n) is 6.47. The number of hydrogen-bond donors (Lipinski definition) is 0. The zero-order chi connectivity index (χ0) is 14.5. The van der Waals surface area contributed by atoms with E-state index in [0.717, 1.165) is 38.8 Å². The summed E-state index contributed by atoms with van der Waals surface area (Å²) in [5.41, 5.74) is 1.60. The van der Waals surface area contributed by atoms with E-state index < -0.39 is 0 Å². The Kier molecular flexibility index (Phi) is 4.66. The molecule has 114 valence electrons. The van der Waals surface area contributed by atoms with Crippen molar-refractivity contribution >= 4 is 6.29 Å². The van der Waals surface area contributed by atoms with E-state index >= 15 is 0 Å². The lowest BCUT2D eigenvalue weighted by Gasteiger charge is -2.43. The minimum absolute atomic E-state index is 0.220. The number of likely N-dealkylation sites (tertiary alicyclic amines) is 2. The van der Waals surface area contributed by atoms with Gasteiger partial charge in [0.15, 0.2) is 0 Å². The van der Waals surface area contributed by atoms with Gasteiger partial charge in [-0.25, -0.2) is 0 Å². The van der Waals surface area contributed by atoms with E-state index in [0.29, 0.717) is 6.54 Å². The number of carbonyl (C=O) groups excluding carboxylic acids is 1. The van der Waals surface area contributed by atoms with Crippen LogP contribution in [0.25, 0.3) is 0 Å². The van der Waals surface area contributed by atoms with Crippen molar-refractivity contribution < 1.29 is 4.79 Å². The molecule has 4 heteroatoms. The quantitative estimate of drug-likeness (QED) is 0.773. The molecule has 2 aliphatic heterocycles. The molecule has 2 aliphatic rings. The number of rotatable bonds is 5. The molecule has 0 unspecified atom stereocenters. The predicted molar refractivity (Wildman–Crippen MR) is 83.3 cm³/mol. The van der Waals surface area contributed by atoms with Gasteiger partial charge in [-0.2, -0.15) is 0 Å². The van der Waals surface area contributed by atoms with Gasteiger partial charge in [-0.1, -0.05) is 6.07 Å². The summed E-state index contributed by atoms with van der Waals surface area (Å²) < 4.78 is 0. The zero-order valence-electron chi connectivity index (χ0n) is 12.7. The smallest absolute Gasteiger partial charge is 0.133 e. The van der Waals surface area contributed by atoms with Crippen molar-refractivity contribution in [3.8, 4) is 0 Å². The highest BCUT2D eigenvalue weighted by Crippen LogP contribution is 2.36. The largest absolute Gasteiger partial charge is 0.302 e. The molecule has 0 saturated carbocycles. The molecule has 1 aromatic rings. The van der Waals surface area contributed by atoms with Crippen LogP contribution in [0.1, 0.15) is 31.2 Å². The average molecular weight is 287 g/mol. The van der Waals surface area contributed by atoms with Crippen molar-refractivity contribution in [3.05, 3.63) is 30.1 Å². The molecule has 0 bridgehead atoms. The fourth-order valence-electron chi connectivity index (χ4n) is 3.85. The predicted octanol–water partition coefficient (Wildman–Crippen LogP) is 1.71. The molecule has 2 fully saturated rings. The molecular weight excluding hydrogens is 262 g/mol. The Morgan fingerprint density at radius 2 is 1.90 bits per heavy atom. The average Bonchev–Trinajstić information content (AvgIpc) is 3.03. The van der Waals surface area contributed by atoms with Gasteiger partial charge < -0.3 is 9.69 Å². The number of piperidine rings is 1. The van der Waals surface area contributed by atoms with Crippen LogP contribution in [-0.4, -0.2) is 60.3 Å².